The van der Waals surface area contributed by atoms with Crippen LogP contribution < -0.4 is 11.3 Å². The first-order chi connectivity index (χ1) is 8.22. The molecule has 0 aliphatic rings. The molecule has 1 heterocycles. The van der Waals surface area contributed by atoms with Gasteiger partial charge in [-0.2, -0.15) is 0 Å². The Hall–Kier alpha value is -0.940. The van der Waals surface area contributed by atoms with E-state index in [0.717, 1.165) is 22.6 Å². The van der Waals surface area contributed by atoms with E-state index in [9.17, 15) is 0 Å². The van der Waals surface area contributed by atoms with Gasteiger partial charge in [-0.1, -0.05) is 23.7 Å². The van der Waals surface area contributed by atoms with Gasteiger partial charge in [0.2, 0.25) is 0 Å². The minimum atomic E-state index is 0.0640. The van der Waals surface area contributed by atoms with Crippen molar-refractivity contribution in [1.82, 2.24) is 10.4 Å². The Morgan fingerprint density at radius 2 is 2.35 bits per heavy atom. The summed E-state index contributed by atoms with van der Waals surface area (Å²) in [5.74, 6) is 5.63. The van der Waals surface area contributed by atoms with Crippen molar-refractivity contribution in [3.8, 4) is 0 Å². The average Bonchev–Trinajstić information content (AvgIpc) is 2.83. The van der Waals surface area contributed by atoms with E-state index in [1.807, 2.05) is 36.8 Å². The molecule has 0 spiro atoms. The quantitative estimate of drug-likeness (QED) is 0.662. The van der Waals surface area contributed by atoms with Gasteiger partial charge in [-0.05, 0) is 24.1 Å². The number of hydrazine groups is 1. The molecule has 1 aromatic heterocycles. The summed E-state index contributed by atoms with van der Waals surface area (Å²) in [6.07, 6.45) is 2.69. The third kappa shape index (κ3) is 2.84. The van der Waals surface area contributed by atoms with Crippen LogP contribution in [0.1, 0.15) is 22.0 Å². The summed E-state index contributed by atoms with van der Waals surface area (Å²) in [4.78, 5) is 5.27. The van der Waals surface area contributed by atoms with E-state index in [0.29, 0.717) is 0 Å². The lowest BCUT2D eigenvalue weighted by molar-refractivity contribution is 0.552. The van der Waals surface area contributed by atoms with Gasteiger partial charge in [0.05, 0.1) is 11.6 Å². The first kappa shape index (κ1) is 12.5. The fourth-order valence-corrected chi connectivity index (χ4v) is 2.63. The Morgan fingerprint density at radius 1 is 1.53 bits per heavy atom. The van der Waals surface area contributed by atoms with Gasteiger partial charge in [0, 0.05) is 22.5 Å². The van der Waals surface area contributed by atoms with Crippen LogP contribution in [0.3, 0.4) is 0 Å². The molecule has 1 unspecified atom stereocenters. The molecule has 0 saturated carbocycles. The molecule has 3 nitrogen and oxygen atoms in total. The van der Waals surface area contributed by atoms with Crippen LogP contribution in [0.4, 0.5) is 0 Å². The van der Waals surface area contributed by atoms with E-state index in [4.69, 9.17) is 17.4 Å². The Balaban J connectivity index is 2.26. The smallest absolute Gasteiger partial charge is 0.0794 e. The van der Waals surface area contributed by atoms with Gasteiger partial charge in [0.1, 0.15) is 0 Å². The van der Waals surface area contributed by atoms with Gasteiger partial charge >= 0.3 is 0 Å². The van der Waals surface area contributed by atoms with Crippen molar-refractivity contribution >= 4 is 22.9 Å². The van der Waals surface area contributed by atoms with Crippen LogP contribution in [0.5, 0.6) is 0 Å². The molecule has 1 atom stereocenters. The topological polar surface area (TPSA) is 50.9 Å². The van der Waals surface area contributed by atoms with Crippen LogP contribution in [0.2, 0.25) is 5.02 Å². The number of nitrogens with two attached hydrogens (primary N) is 1. The van der Waals surface area contributed by atoms with Gasteiger partial charge in [-0.3, -0.25) is 16.3 Å². The highest BCUT2D eigenvalue weighted by Gasteiger charge is 2.14. The van der Waals surface area contributed by atoms with E-state index in [1.54, 1.807) is 11.3 Å². The molecule has 1 aromatic carbocycles. The molecular formula is C12H14ClN3S. The Labute approximate surface area is 110 Å². The van der Waals surface area contributed by atoms with E-state index < -0.39 is 0 Å². The van der Waals surface area contributed by atoms with Crippen LogP contribution in [-0.2, 0) is 6.42 Å². The Morgan fingerprint density at radius 3 is 3.00 bits per heavy atom. The number of aromatic nitrogens is 1. The number of hydrogen-bond donors (Lipinski definition) is 2. The number of halogens is 1. The van der Waals surface area contributed by atoms with Gasteiger partial charge in [-0.25, -0.2) is 0 Å². The molecule has 0 bridgehead atoms. The van der Waals surface area contributed by atoms with E-state index in [2.05, 4.69) is 10.4 Å². The summed E-state index contributed by atoms with van der Waals surface area (Å²) in [5.41, 5.74) is 6.88. The van der Waals surface area contributed by atoms with Crippen molar-refractivity contribution in [2.75, 3.05) is 0 Å². The first-order valence-corrected chi connectivity index (χ1v) is 6.56. The van der Waals surface area contributed by atoms with Crippen molar-refractivity contribution in [2.24, 2.45) is 5.84 Å². The van der Waals surface area contributed by atoms with Crippen LogP contribution in [0.15, 0.2) is 29.9 Å². The second kappa shape index (κ2) is 5.60. The predicted molar refractivity (Wildman–Crippen MR) is 72.1 cm³/mol. The predicted octanol–water partition coefficient (Wildman–Crippen LogP) is 2.85. The van der Waals surface area contributed by atoms with Crippen molar-refractivity contribution in [2.45, 2.75) is 19.4 Å². The van der Waals surface area contributed by atoms with Crippen LogP contribution >= 0.6 is 22.9 Å². The van der Waals surface area contributed by atoms with Crippen molar-refractivity contribution in [1.29, 1.82) is 0 Å². The maximum atomic E-state index is 6.12. The SMILES string of the molecule is Cc1c(Cl)cccc1C(Cc1cncs1)NN. The summed E-state index contributed by atoms with van der Waals surface area (Å²) in [6, 6.07) is 5.95. The number of nitrogens with zero attached hydrogens (tertiary/aromatic N) is 1. The maximum Gasteiger partial charge on any atom is 0.0794 e. The molecule has 0 saturated heterocycles. The number of thiazole rings is 1. The third-order valence-electron chi connectivity index (χ3n) is 2.77. The Kier molecular flexibility index (Phi) is 4.12. The third-order valence-corrected chi connectivity index (χ3v) is 3.99. The molecule has 2 rings (SSSR count). The molecule has 3 N–H and O–H groups in total. The fourth-order valence-electron chi connectivity index (χ4n) is 1.80. The zero-order chi connectivity index (χ0) is 12.3. The largest absolute Gasteiger partial charge is 0.271 e. The second-order valence-electron chi connectivity index (χ2n) is 3.85. The number of nitrogens with one attached hydrogen (secondary N) is 1. The lowest BCUT2D eigenvalue weighted by Gasteiger charge is -2.18. The molecule has 0 amide bonds. The van der Waals surface area contributed by atoms with Crippen LogP contribution in [0, 0.1) is 6.92 Å². The van der Waals surface area contributed by atoms with Crippen molar-refractivity contribution in [3.05, 3.63) is 50.9 Å². The number of rotatable bonds is 4. The molecule has 5 heteroatoms. The molecule has 0 aliphatic heterocycles. The zero-order valence-electron chi connectivity index (χ0n) is 9.48. The minimum absolute atomic E-state index is 0.0640. The first-order valence-electron chi connectivity index (χ1n) is 5.31. The van der Waals surface area contributed by atoms with E-state index >= 15 is 0 Å². The molecule has 0 radical (unpaired) electrons. The minimum Gasteiger partial charge on any atom is -0.271 e. The lowest BCUT2D eigenvalue weighted by Crippen LogP contribution is -2.30. The molecule has 2 aromatic rings. The standard InChI is InChI=1S/C12H14ClN3S/c1-8-10(3-2-4-11(8)13)12(16-14)5-9-6-15-7-17-9/h2-4,6-7,12,16H,5,14H2,1H3. The number of benzene rings is 1. The highest BCUT2D eigenvalue weighted by atomic mass is 35.5. The molecule has 90 valence electrons. The van der Waals surface area contributed by atoms with Gasteiger partial charge < -0.3 is 0 Å². The average molecular weight is 268 g/mol. The monoisotopic (exact) mass is 267 g/mol. The summed E-state index contributed by atoms with van der Waals surface area (Å²) in [6.45, 7) is 2.01. The lowest BCUT2D eigenvalue weighted by atomic mass is 9.99. The van der Waals surface area contributed by atoms with E-state index in [-0.39, 0.29) is 6.04 Å². The Bertz CT molecular complexity index is 485. The van der Waals surface area contributed by atoms with Gasteiger partial charge in [-0.15, -0.1) is 11.3 Å². The van der Waals surface area contributed by atoms with E-state index in [1.165, 1.54) is 4.88 Å². The molecule has 0 fully saturated rings. The number of hydrogen-bond acceptors (Lipinski definition) is 4. The van der Waals surface area contributed by atoms with Crippen molar-refractivity contribution < 1.29 is 0 Å². The molecule has 17 heavy (non-hydrogen) atoms. The fraction of sp³-hybridized carbons (Fsp3) is 0.250. The highest BCUT2D eigenvalue weighted by molar-refractivity contribution is 7.09. The summed E-state index contributed by atoms with van der Waals surface area (Å²) >= 11 is 7.75. The summed E-state index contributed by atoms with van der Waals surface area (Å²) in [7, 11) is 0. The second-order valence-corrected chi connectivity index (χ2v) is 5.22. The van der Waals surface area contributed by atoms with Crippen molar-refractivity contribution in [3.63, 3.8) is 0 Å². The van der Waals surface area contributed by atoms with Gasteiger partial charge in [0.25, 0.3) is 0 Å². The maximum absolute atomic E-state index is 6.12. The van der Waals surface area contributed by atoms with Gasteiger partial charge in [0.15, 0.2) is 0 Å². The summed E-state index contributed by atoms with van der Waals surface area (Å²) in [5, 5.41) is 0.770. The normalized spacial score (nSPS) is 12.6. The highest BCUT2D eigenvalue weighted by Crippen LogP contribution is 2.26. The van der Waals surface area contributed by atoms with Crippen LogP contribution in [-0.4, -0.2) is 4.98 Å². The summed E-state index contributed by atoms with van der Waals surface area (Å²) < 4.78 is 0. The zero-order valence-corrected chi connectivity index (χ0v) is 11.1. The molecule has 0 aliphatic carbocycles. The van der Waals surface area contributed by atoms with Crippen LogP contribution in [0.25, 0.3) is 0 Å². The molecular weight excluding hydrogens is 254 g/mol.